The molecule has 10 nitrogen and oxygen atoms in total. The molecule has 2 aromatic rings. The molecule has 33 heavy (non-hydrogen) atoms. The van der Waals surface area contributed by atoms with Crippen LogP contribution in [0.2, 0.25) is 0 Å². The Morgan fingerprint density at radius 3 is 2.55 bits per heavy atom. The minimum absolute atomic E-state index is 0.112. The molecule has 2 atom stereocenters. The Labute approximate surface area is 193 Å². The number of hydrogen-bond donors (Lipinski definition) is 4. The molecule has 1 saturated heterocycles. The second kappa shape index (κ2) is 11.8. The van der Waals surface area contributed by atoms with E-state index in [-0.39, 0.29) is 31.4 Å². The van der Waals surface area contributed by atoms with Crippen LogP contribution in [0.3, 0.4) is 0 Å². The Balaban J connectivity index is 1.72. The number of carbonyl (C=O) groups is 2. The van der Waals surface area contributed by atoms with Crippen molar-refractivity contribution in [1.29, 1.82) is 0 Å². The third kappa shape index (κ3) is 7.06. The topological polar surface area (TPSA) is 149 Å². The van der Waals surface area contributed by atoms with Crippen molar-refractivity contribution in [2.75, 3.05) is 19.8 Å². The van der Waals surface area contributed by atoms with E-state index in [2.05, 4.69) is 20.6 Å². The highest BCUT2D eigenvalue weighted by Gasteiger charge is 2.41. The number of carbonyl (C=O) groups excluding carboxylic acids is 2. The van der Waals surface area contributed by atoms with E-state index in [1.165, 1.54) is 18.6 Å². The molecule has 0 saturated carbocycles. The van der Waals surface area contributed by atoms with Gasteiger partial charge in [0.25, 0.3) is 5.91 Å². The third-order valence-corrected chi connectivity index (χ3v) is 5.34. The number of hydrogen-bond acceptors (Lipinski definition) is 8. The van der Waals surface area contributed by atoms with Crippen LogP contribution < -0.4 is 16.4 Å². The minimum Gasteiger partial charge on any atom is -0.408 e. The van der Waals surface area contributed by atoms with Crippen LogP contribution >= 0.6 is 0 Å². The summed E-state index contributed by atoms with van der Waals surface area (Å²) in [5.41, 5.74) is 6.05. The second-order valence-electron chi connectivity index (χ2n) is 8.22. The lowest BCUT2D eigenvalue weighted by atomic mass is 9.73. The molecule has 0 bridgehead atoms. The van der Waals surface area contributed by atoms with Crippen molar-refractivity contribution < 1.29 is 24.0 Å². The van der Waals surface area contributed by atoms with E-state index >= 15 is 0 Å². The first-order chi connectivity index (χ1) is 15.9. The average Bonchev–Trinajstić information content (AvgIpc) is 2.85. The molecular weight excluding hydrogens is 425 g/mol. The summed E-state index contributed by atoms with van der Waals surface area (Å²) in [6.07, 6.45) is 5.90. The molecule has 5 N–H and O–H groups in total. The highest BCUT2D eigenvalue weighted by molar-refractivity contribution is 6.47. The van der Waals surface area contributed by atoms with Crippen molar-refractivity contribution in [1.82, 2.24) is 20.6 Å². The number of benzene rings is 1. The van der Waals surface area contributed by atoms with Crippen molar-refractivity contribution in [3.05, 3.63) is 60.2 Å². The maximum Gasteiger partial charge on any atom is 0.481 e. The Morgan fingerprint density at radius 2 is 1.94 bits per heavy atom. The van der Waals surface area contributed by atoms with Crippen LogP contribution in [0, 0.1) is 0 Å². The zero-order valence-electron chi connectivity index (χ0n) is 18.6. The molecule has 2 amide bonds. The van der Waals surface area contributed by atoms with Gasteiger partial charge in [0.05, 0.1) is 37.5 Å². The first-order valence-corrected chi connectivity index (χ1v) is 11.0. The molecule has 2 unspecified atom stereocenters. The Hall–Kier alpha value is -2.86. The Kier molecular flexibility index (Phi) is 8.90. The highest BCUT2D eigenvalue weighted by Crippen LogP contribution is 2.16. The number of nitrogens with one attached hydrogen (secondary N) is 2. The van der Waals surface area contributed by atoms with Gasteiger partial charge < -0.3 is 30.8 Å². The summed E-state index contributed by atoms with van der Waals surface area (Å²) < 4.78 is 11.4. The van der Waals surface area contributed by atoms with Crippen LogP contribution in [0.25, 0.3) is 0 Å². The summed E-state index contributed by atoms with van der Waals surface area (Å²) in [7, 11) is -0.704. The molecule has 0 radical (unpaired) electrons. The van der Waals surface area contributed by atoms with E-state index in [0.717, 1.165) is 12.0 Å². The van der Waals surface area contributed by atoms with E-state index in [9.17, 15) is 14.7 Å². The lowest BCUT2D eigenvalue weighted by Gasteiger charge is -2.37. The van der Waals surface area contributed by atoms with Gasteiger partial charge >= 0.3 is 7.12 Å². The molecule has 0 spiro atoms. The van der Waals surface area contributed by atoms with Gasteiger partial charge in [0.2, 0.25) is 5.91 Å². The van der Waals surface area contributed by atoms with Gasteiger partial charge in [0.15, 0.2) is 0 Å². The minimum atomic E-state index is -0.961. The molecule has 2 heterocycles. The third-order valence-electron chi connectivity index (χ3n) is 5.34. The fourth-order valence-electron chi connectivity index (χ4n) is 3.49. The van der Waals surface area contributed by atoms with Crippen LogP contribution in [-0.2, 0) is 20.5 Å². The van der Waals surface area contributed by atoms with Crippen molar-refractivity contribution in [2.24, 2.45) is 5.73 Å². The molecule has 176 valence electrons. The number of nitrogens with zero attached hydrogens (tertiary/aromatic N) is 2. The molecular formula is C22H30BN5O5. The monoisotopic (exact) mass is 455 g/mol. The molecule has 0 aliphatic carbocycles. The van der Waals surface area contributed by atoms with Gasteiger partial charge in [-0.1, -0.05) is 43.7 Å². The van der Waals surface area contributed by atoms with Gasteiger partial charge in [-0.25, -0.2) is 4.98 Å². The van der Waals surface area contributed by atoms with Crippen LogP contribution in [0.15, 0.2) is 48.9 Å². The van der Waals surface area contributed by atoms with E-state index in [1.54, 1.807) is 0 Å². The van der Waals surface area contributed by atoms with E-state index in [1.807, 2.05) is 37.3 Å². The number of aliphatic hydroxyl groups is 1. The van der Waals surface area contributed by atoms with Crippen molar-refractivity contribution in [3.63, 3.8) is 0 Å². The summed E-state index contributed by atoms with van der Waals surface area (Å²) in [6, 6.07) is 8.56. The van der Waals surface area contributed by atoms with E-state index in [4.69, 9.17) is 15.0 Å². The number of aliphatic hydroxyl groups excluding tert-OH is 1. The molecule has 3 rings (SSSR count). The van der Waals surface area contributed by atoms with Gasteiger partial charge in [0, 0.05) is 18.8 Å². The smallest absolute Gasteiger partial charge is 0.408 e. The molecule has 1 aromatic heterocycles. The average molecular weight is 455 g/mol. The summed E-state index contributed by atoms with van der Waals surface area (Å²) >= 11 is 0. The van der Waals surface area contributed by atoms with Gasteiger partial charge in [0.1, 0.15) is 11.7 Å². The van der Waals surface area contributed by atoms with Gasteiger partial charge in [-0.3, -0.25) is 14.6 Å². The van der Waals surface area contributed by atoms with Crippen molar-refractivity contribution in [2.45, 2.75) is 43.7 Å². The number of nitrogens with two attached hydrogens (primary N) is 1. The fraction of sp³-hybridized carbons (Fsp3) is 0.455. The van der Waals surface area contributed by atoms with Gasteiger partial charge in [-0.05, 0) is 12.0 Å². The van der Waals surface area contributed by atoms with Gasteiger partial charge in [-0.2, -0.15) is 0 Å². The number of rotatable bonds is 10. The summed E-state index contributed by atoms with van der Waals surface area (Å²) in [5, 5.41) is 15.1. The number of aromatic nitrogens is 2. The van der Waals surface area contributed by atoms with Crippen molar-refractivity contribution >= 4 is 18.9 Å². The Morgan fingerprint density at radius 1 is 1.21 bits per heavy atom. The fourth-order valence-corrected chi connectivity index (χ4v) is 3.49. The maximum absolute atomic E-state index is 13.3. The molecule has 1 aliphatic rings. The Bertz CT molecular complexity index is 897. The van der Waals surface area contributed by atoms with Crippen LogP contribution in [0.5, 0.6) is 0 Å². The molecule has 1 fully saturated rings. The predicted octanol–water partition coefficient (Wildman–Crippen LogP) is -0.133. The number of amides is 2. The van der Waals surface area contributed by atoms with Crippen LogP contribution in [0.1, 0.15) is 35.8 Å². The van der Waals surface area contributed by atoms with Crippen LogP contribution in [-0.4, -0.2) is 71.3 Å². The zero-order chi connectivity index (χ0) is 23.7. The second-order valence-corrected chi connectivity index (χ2v) is 8.22. The molecule has 11 heteroatoms. The highest BCUT2D eigenvalue weighted by atomic mass is 16.6. The first kappa shape index (κ1) is 24.8. The quantitative estimate of drug-likeness (QED) is 0.362. The van der Waals surface area contributed by atoms with Gasteiger partial charge in [-0.15, -0.1) is 0 Å². The van der Waals surface area contributed by atoms with Crippen molar-refractivity contribution in [3.8, 4) is 0 Å². The lowest BCUT2D eigenvalue weighted by Crippen LogP contribution is -2.63. The largest absolute Gasteiger partial charge is 0.481 e. The predicted molar refractivity (Wildman–Crippen MR) is 122 cm³/mol. The first-order valence-electron chi connectivity index (χ1n) is 11.0. The SMILES string of the molecule is CCCC(NC(=O)C(Cc1ccccc1)NC(=O)c1cnccn1)B1OCC(N)(CO)CO1. The molecule has 1 aliphatic heterocycles. The maximum atomic E-state index is 13.3. The zero-order valence-corrected chi connectivity index (χ0v) is 18.6. The van der Waals surface area contributed by atoms with E-state index < -0.39 is 30.5 Å². The summed E-state index contributed by atoms with van der Waals surface area (Å²) in [4.78, 5) is 33.9. The lowest BCUT2D eigenvalue weighted by molar-refractivity contribution is -0.123. The molecule has 1 aromatic carbocycles. The standard InChI is InChI=1S/C22H30BN5O5/c1-2-6-19(23-32-14-22(24,13-29)15-33-23)28-20(30)17(11-16-7-4-3-5-8-16)27-21(31)18-12-25-9-10-26-18/h3-5,7-10,12,17,19,29H,2,6,11,13-15,24H2,1H3,(H,27,31)(H,28,30). The van der Waals surface area contributed by atoms with E-state index in [0.29, 0.717) is 12.8 Å². The normalized spacial score (nSPS) is 17.1. The summed E-state index contributed by atoms with van der Waals surface area (Å²) in [5.74, 6) is -1.31. The van der Waals surface area contributed by atoms with Crippen LogP contribution in [0.4, 0.5) is 0 Å². The summed E-state index contributed by atoms with van der Waals surface area (Å²) in [6.45, 7) is 1.94.